The fourth-order valence-corrected chi connectivity index (χ4v) is 2.37. The van der Waals surface area contributed by atoms with Gasteiger partial charge in [0.2, 0.25) is 0 Å². The van der Waals surface area contributed by atoms with E-state index in [4.69, 9.17) is 33.3 Å². The van der Waals surface area contributed by atoms with Crippen molar-refractivity contribution in [3.05, 3.63) is 52.5 Å². The summed E-state index contributed by atoms with van der Waals surface area (Å²) in [4.78, 5) is 0. The number of anilines is 1. The monoisotopic (exact) mass is 417 g/mol. The second-order valence-electron chi connectivity index (χ2n) is 5.13. The van der Waals surface area contributed by atoms with E-state index in [1.54, 1.807) is 18.2 Å². The number of hydrogen-bond acceptors (Lipinski definition) is 4. The second kappa shape index (κ2) is 8.92. The number of hydrazone groups is 1. The highest BCUT2D eigenvalue weighted by Gasteiger charge is 2.31. The number of thiocarbonyl (C=S) groups is 1. The SMILES string of the molecule is COc1ccc(/C=N/NC(=S)Nc2cc(C(F)(F)F)ccc2Cl)cc1OC. The molecule has 144 valence electrons. The molecular formula is C17H15ClF3N3O2S. The van der Waals surface area contributed by atoms with Crippen LogP contribution >= 0.6 is 23.8 Å². The Kier molecular flexibility index (Phi) is 6.86. The number of halogens is 4. The van der Waals surface area contributed by atoms with Gasteiger partial charge in [0, 0.05) is 0 Å². The molecule has 0 aliphatic rings. The van der Waals surface area contributed by atoms with Crippen LogP contribution in [0.2, 0.25) is 5.02 Å². The molecule has 27 heavy (non-hydrogen) atoms. The minimum atomic E-state index is -4.48. The number of rotatable bonds is 5. The van der Waals surface area contributed by atoms with Crippen LogP contribution in [0.15, 0.2) is 41.5 Å². The molecule has 0 bridgehead atoms. The molecule has 0 saturated carbocycles. The van der Waals surface area contributed by atoms with Crippen molar-refractivity contribution >= 4 is 40.8 Å². The number of nitrogens with zero attached hydrogens (tertiary/aromatic N) is 1. The first-order valence-electron chi connectivity index (χ1n) is 7.43. The van der Waals surface area contributed by atoms with Crippen LogP contribution in [0.5, 0.6) is 11.5 Å². The van der Waals surface area contributed by atoms with Gasteiger partial charge in [-0.2, -0.15) is 18.3 Å². The number of methoxy groups -OCH3 is 2. The third kappa shape index (κ3) is 5.73. The van der Waals surface area contributed by atoms with E-state index in [1.807, 2.05) is 0 Å². The molecule has 0 spiro atoms. The van der Waals surface area contributed by atoms with Crippen molar-refractivity contribution in [3.8, 4) is 11.5 Å². The minimum absolute atomic E-state index is 0.0188. The maximum Gasteiger partial charge on any atom is 0.416 e. The van der Waals surface area contributed by atoms with Gasteiger partial charge >= 0.3 is 6.18 Å². The summed E-state index contributed by atoms with van der Waals surface area (Å²) in [5.74, 6) is 1.09. The Morgan fingerprint density at radius 1 is 1.11 bits per heavy atom. The third-order valence-corrected chi connectivity index (χ3v) is 3.85. The Labute approximate surface area is 164 Å². The highest BCUT2D eigenvalue weighted by Crippen LogP contribution is 2.33. The lowest BCUT2D eigenvalue weighted by Gasteiger charge is -2.12. The first-order valence-corrected chi connectivity index (χ1v) is 8.22. The third-order valence-electron chi connectivity index (χ3n) is 3.33. The molecule has 0 fully saturated rings. The molecule has 5 nitrogen and oxygen atoms in total. The van der Waals surface area contributed by atoms with E-state index >= 15 is 0 Å². The first kappa shape index (κ1) is 20.8. The Bertz CT molecular complexity index is 860. The molecule has 0 aromatic heterocycles. The zero-order valence-electron chi connectivity index (χ0n) is 14.2. The van der Waals surface area contributed by atoms with Gasteiger partial charge in [0.15, 0.2) is 16.6 Å². The van der Waals surface area contributed by atoms with Crippen molar-refractivity contribution < 1.29 is 22.6 Å². The van der Waals surface area contributed by atoms with Crippen molar-refractivity contribution in [3.63, 3.8) is 0 Å². The summed E-state index contributed by atoms with van der Waals surface area (Å²) >= 11 is 10.9. The van der Waals surface area contributed by atoms with E-state index in [0.717, 1.165) is 18.2 Å². The van der Waals surface area contributed by atoms with E-state index in [0.29, 0.717) is 17.1 Å². The van der Waals surface area contributed by atoms with Gasteiger partial charge in [-0.25, -0.2) is 0 Å². The smallest absolute Gasteiger partial charge is 0.416 e. The fourth-order valence-electron chi connectivity index (χ4n) is 2.05. The number of benzene rings is 2. The van der Waals surface area contributed by atoms with Crippen LogP contribution in [-0.2, 0) is 6.18 Å². The Hall–Kier alpha value is -2.52. The molecule has 0 atom stereocenters. The van der Waals surface area contributed by atoms with Gasteiger partial charge in [-0.15, -0.1) is 0 Å². The molecule has 0 unspecified atom stereocenters. The van der Waals surface area contributed by atoms with E-state index in [2.05, 4.69) is 15.8 Å². The summed E-state index contributed by atoms with van der Waals surface area (Å²) in [6.07, 6.45) is -3.02. The fraction of sp³-hybridized carbons (Fsp3) is 0.176. The molecule has 2 rings (SSSR count). The van der Waals surface area contributed by atoms with Gasteiger partial charge in [-0.1, -0.05) is 11.6 Å². The molecule has 0 aliphatic heterocycles. The number of ether oxygens (including phenoxy) is 2. The van der Waals surface area contributed by atoms with Gasteiger partial charge < -0.3 is 14.8 Å². The summed E-state index contributed by atoms with van der Waals surface area (Å²) in [6, 6.07) is 8.05. The molecule has 0 heterocycles. The lowest BCUT2D eigenvalue weighted by atomic mass is 10.2. The molecular weight excluding hydrogens is 403 g/mol. The van der Waals surface area contributed by atoms with Gasteiger partial charge in [0.1, 0.15) is 0 Å². The molecule has 0 aliphatic carbocycles. The van der Waals surface area contributed by atoms with Crippen molar-refractivity contribution in [2.75, 3.05) is 19.5 Å². The molecule has 2 N–H and O–H groups in total. The predicted octanol–water partition coefficient (Wildman–Crippen LogP) is 4.70. The summed E-state index contributed by atoms with van der Waals surface area (Å²) in [7, 11) is 3.03. The summed E-state index contributed by atoms with van der Waals surface area (Å²) in [5, 5.41) is 6.58. The van der Waals surface area contributed by atoms with E-state index in [-0.39, 0.29) is 15.8 Å². The Morgan fingerprint density at radius 3 is 2.44 bits per heavy atom. The van der Waals surface area contributed by atoms with E-state index in [9.17, 15) is 13.2 Å². The van der Waals surface area contributed by atoms with Gasteiger partial charge in [0.25, 0.3) is 0 Å². The van der Waals surface area contributed by atoms with Crippen molar-refractivity contribution in [1.82, 2.24) is 5.43 Å². The van der Waals surface area contributed by atoms with Gasteiger partial charge in [-0.05, 0) is 54.2 Å². The summed E-state index contributed by atoms with van der Waals surface area (Å²) in [5.41, 5.74) is 2.38. The summed E-state index contributed by atoms with van der Waals surface area (Å²) in [6.45, 7) is 0. The highest BCUT2D eigenvalue weighted by molar-refractivity contribution is 7.80. The number of alkyl halides is 3. The average molecular weight is 418 g/mol. The minimum Gasteiger partial charge on any atom is -0.493 e. The highest BCUT2D eigenvalue weighted by atomic mass is 35.5. The van der Waals surface area contributed by atoms with Crippen LogP contribution in [0, 0.1) is 0 Å². The molecule has 0 saturated heterocycles. The van der Waals surface area contributed by atoms with Crippen LogP contribution in [0.3, 0.4) is 0 Å². The van der Waals surface area contributed by atoms with E-state index < -0.39 is 11.7 Å². The van der Waals surface area contributed by atoms with Crippen LogP contribution in [0.1, 0.15) is 11.1 Å². The van der Waals surface area contributed by atoms with Gasteiger partial charge in [-0.3, -0.25) is 5.43 Å². The zero-order chi connectivity index (χ0) is 20.0. The topological polar surface area (TPSA) is 54.9 Å². The van der Waals surface area contributed by atoms with Crippen molar-refractivity contribution in [2.24, 2.45) is 5.10 Å². The maximum absolute atomic E-state index is 12.8. The standard InChI is InChI=1S/C17H15ClF3N3O2S/c1-25-14-6-3-10(7-15(14)26-2)9-22-24-16(27)23-13-8-11(17(19,20)21)4-5-12(13)18/h3-9H,1-2H3,(H2,23,24,27)/b22-9+. The lowest BCUT2D eigenvalue weighted by molar-refractivity contribution is -0.137. The van der Waals surface area contributed by atoms with Crippen LogP contribution in [-0.4, -0.2) is 25.5 Å². The first-order chi connectivity index (χ1) is 12.7. The molecule has 10 heteroatoms. The van der Waals surface area contributed by atoms with Gasteiger partial charge in [0.05, 0.1) is 36.7 Å². The quantitative estimate of drug-likeness (QED) is 0.419. The lowest BCUT2D eigenvalue weighted by Crippen LogP contribution is -2.24. The van der Waals surface area contributed by atoms with Crippen molar-refractivity contribution in [2.45, 2.75) is 6.18 Å². The molecule has 2 aromatic rings. The average Bonchev–Trinajstić information content (AvgIpc) is 2.62. The molecule has 0 amide bonds. The van der Waals surface area contributed by atoms with Crippen molar-refractivity contribution in [1.29, 1.82) is 0 Å². The Morgan fingerprint density at radius 2 is 1.81 bits per heavy atom. The predicted molar refractivity (Wildman–Crippen MR) is 103 cm³/mol. The second-order valence-corrected chi connectivity index (χ2v) is 5.95. The zero-order valence-corrected chi connectivity index (χ0v) is 15.8. The van der Waals surface area contributed by atoms with E-state index in [1.165, 1.54) is 20.4 Å². The Balaban J connectivity index is 2.03. The molecule has 0 radical (unpaired) electrons. The number of hydrogen-bond donors (Lipinski definition) is 2. The molecule has 2 aromatic carbocycles. The van der Waals surface area contributed by atoms with Crippen LogP contribution in [0.4, 0.5) is 18.9 Å². The summed E-state index contributed by atoms with van der Waals surface area (Å²) < 4.78 is 48.7. The normalized spacial score (nSPS) is 11.3. The largest absolute Gasteiger partial charge is 0.493 e. The maximum atomic E-state index is 12.8. The van der Waals surface area contributed by atoms with Crippen LogP contribution < -0.4 is 20.2 Å². The van der Waals surface area contributed by atoms with Crippen LogP contribution in [0.25, 0.3) is 0 Å². The number of nitrogens with one attached hydrogen (secondary N) is 2.